The number of rotatable bonds is 9. The number of morpholine rings is 1. The predicted molar refractivity (Wildman–Crippen MR) is 185 cm³/mol. The largest absolute Gasteiger partial charge is 0.481 e. The summed E-state index contributed by atoms with van der Waals surface area (Å²) in [6.07, 6.45) is 1.24. The average Bonchev–Trinajstić information content (AvgIpc) is 3.76. The van der Waals surface area contributed by atoms with Crippen LogP contribution in [0.25, 0.3) is 0 Å². The molecule has 4 aliphatic rings. The number of carbonyl (C=O) groups is 3. The van der Waals surface area contributed by atoms with Gasteiger partial charge in [0.1, 0.15) is 11.9 Å². The van der Waals surface area contributed by atoms with Gasteiger partial charge in [-0.25, -0.2) is 19.0 Å². The zero-order valence-electron chi connectivity index (χ0n) is 27.1. The summed E-state index contributed by atoms with van der Waals surface area (Å²) in [5.41, 5.74) is 3.02. The Morgan fingerprint density at radius 2 is 1.92 bits per heavy atom. The van der Waals surface area contributed by atoms with Crippen LogP contribution in [-0.4, -0.2) is 115 Å². The van der Waals surface area contributed by atoms with E-state index < -0.39 is 23.8 Å². The summed E-state index contributed by atoms with van der Waals surface area (Å²) < 4.78 is 24.9. The van der Waals surface area contributed by atoms with Crippen LogP contribution in [0.1, 0.15) is 23.0 Å². The Kier molecular flexibility index (Phi) is 9.73. The van der Waals surface area contributed by atoms with Crippen molar-refractivity contribution in [2.75, 3.05) is 69.3 Å². The molecule has 2 amide bonds. The van der Waals surface area contributed by atoms with Gasteiger partial charge in [0.15, 0.2) is 10.8 Å². The van der Waals surface area contributed by atoms with E-state index in [0.29, 0.717) is 74.5 Å². The molecule has 3 saturated heterocycles. The molecule has 0 spiro atoms. The minimum absolute atomic E-state index is 0.0494. The lowest BCUT2D eigenvalue weighted by molar-refractivity contribution is -0.140. The third kappa shape index (κ3) is 6.90. The molecule has 1 aromatic heterocycles. The molecule has 1 unspecified atom stereocenters. The Balaban J connectivity index is 1.09. The number of amidine groups is 1. The lowest BCUT2D eigenvalue weighted by Gasteiger charge is -2.38. The first-order valence-electron chi connectivity index (χ1n) is 16.2. The number of hydrogen-bond acceptors (Lipinski definition) is 11. The Hall–Kier alpha value is -4.57. The van der Waals surface area contributed by atoms with Gasteiger partial charge in [-0.1, -0.05) is 17.7 Å². The van der Waals surface area contributed by atoms with Crippen molar-refractivity contribution in [1.82, 2.24) is 20.1 Å². The Bertz CT molecular complexity index is 1840. The molecule has 0 bridgehead atoms. The molecule has 0 aliphatic carbocycles. The maximum atomic E-state index is 14.0. The number of carboxylic acids is 1. The molecule has 2 N–H and O–H groups in total. The fourth-order valence-corrected chi connectivity index (χ4v) is 7.80. The number of amides is 2. The van der Waals surface area contributed by atoms with E-state index in [1.807, 2.05) is 34.5 Å². The number of anilines is 2. The van der Waals surface area contributed by atoms with Crippen LogP contribution in [-0.2, 0) is 19.1 Å². The number of thiazole rings is 1. The molecule has 3 aromatic rings. The lowest BCUT2D eigenvalue weighted by Crippen LogP contribution is -2.53. The van der Waals surface area contributed by atoms with E-state index in [-0.39, 0.29) is 35.2 Å². The molecule has 7 rings (SSSR count). The number of nitrogens with one attached hydrogen (secondary N) is 1. The number of benzene rings is 2. The number of esters is 1. The molecule has 262 valence electrons. The van der Waals surface area contributed by atoms with Crippen molar-refractivity contribution < 1.29 is 33.4 Å². The highest BCUT2D eigenvalue weighted by molar-refractivity contribution is 7.11. The zero-order chi connectivity index (χ0) is 34.9. The van der Waals surface area contributed by atoms with Gasteiger partial charge in [0.2, 0.25) is 0 Å². The number of aliphatic imine (C=N–C) groups is 1. The van der Waals surface area contributed by atoms with Crippen molar-refractivity contribution in [3.05, 3.63) is 86.7 Å². The number of halogens is 2. The quantitative estimate of drug-likeness (QED) is 0.314. The molecular weight excluding hydrogens is 689 g/mol. The number of nitrogens with zero attached hydrogens (tertiary/aromatic N) is 6. The molecule has 13 nitrogen and oxygen atoms in total. The zero-order valence-corrected chi connectivity index (χ0v) is 28.7. The Labute approximate surface area is 296 Å². The summed E-state index contributed by atoms with van der Waals surface area (Å²) in [5, 5.41) is 15.1. The second-order valence-corrected chi connectivity index (χ2v) is 13.7. The number of ether oxygens (including phenoxy) is 2. The second kappa shape index (κ2) is 14.3. The molecule has 3 atom stereocenters. The summed E-state index contributed by atoms with van der Waals surface area (Å²) in [4.78, 5) is 55.3. The predicted octanol–water partition coefficient (Wildman–Crippen LogP) is 3.76. The van der Waals surface area contributed by atoms with Crippen molar-refractivity contribution in [2.45, 2.75) is 24.6 Å². The number of fused-ring (bicyclic) bond motifs is 1. The molecule has 4 aliphatic heterocycles. The molecule has 16 heteroatoms. The Morgan fingerprint density at radius 1 is 1.12 bits per heavy atom. The standard InChI is InChI=1S/C34H35ClFN7O6S/c1-48-33(46)29-27(38-31(32-37-8-13-50-32)39-30(29)25-7-2-20(36)14-26(25)35)19-40-9-10-42-23(16-40)17-43(34(42)47)22-5-3-21(4-6-22)41-11-12-49-24(18-41)15-28(44)45/h2-8,13-14,23-24,30H,9-12,15-19H2,1H3,(H,38,39)(H,44,45)/t23-,24?,30-/m0/s1. The minimum Gasteiger partial charge on any atom is -0.481 e. The van der Waals surface area contributed by atoms with E-state index in [1.54, 1.807) is 11.1 Å². The van der Waals surface area contributed by atoms with Crippen molar-refractivity contribution in [2.24, 2.45) is 4.99 Å². The van der Waals surface area contributed by atoms with E-state index in [9.17, 15) is 18.8 Å². The van der Waals surface area contributed by atoms with Crippen molar-refractivity contribution in [1.29, 1.82) is 0 Å². The maximum Gasteiger partial charge on any atom is 0.338 e. The number of aromatic nitrogens is 1. The normalized spacial score (nSPS) is 22.7. The van der Waals surface area contributed by atoms with Gasteiger partial charge in [0, 0.05) is 85.0 Å². The minimum atomic E-state index is -0.890. The van der Waals surface area contributed by atoms with Crippen LogP contribution in [0.5, 0.6) is 0 Å². The van der Waals surface area contributed by atoms with Gasteiger partial charge < -0.3 is 29.7 Å². The third-order valence-electron chi connectivity index (χ3n) is 9.31. The van der Waals surface area contributed by atoms with Crippen LogP contribution in [0.3, 0.4) is 0 Å². The molecule has 0 saturated carbocycles. The number of methoxy groups -OCH3 is 1. The van der Waals surface area contributed by atoms with Gasteiger partial charge >= 0.3 is 18.0 Å². The van der Waals surface area contributed by atoms with Crippen molar-refractivity contribution in [3.8, 4) is 0 Å². The lowest BCUT2D eigenvalue weighted by atomic mass is 9.95. The van der Waals surface area contributed by atoms with Crippen molar-refractivity contribution in [3.63, 3.8) is 0 Å². The molecule has 50 heavy (non-hydrogen) atoms. The summed E-state index contributed by atoms with van der Waals surface area (Å²) in [5.74, 6) is -1.51. The fourth-order valence-electron chi connectivity index (χ4n) is 6.94. The van der Waals surface area contributed by atoms with E-state index >= 15 is 0 Å². The smallest absolute Gasteiger partial charge is 0.338 e. The van der Waals surface area contributed by atoms with E-state index in [2.05, 4.69) is 20.1 Å². The molecule has 5 heterocycles. The first-order chi connectivity index (χ1) is 24.2. The number of aliphatic carboxylic acids is 1. The van der Waals surface area contributed by atoms with Crippen LogP contribution in [0.15, 0.2) is 70.3 Å². The van der Waals surface area contributed by atoms with E-state index in [1.165, 1.54) is 36.6 Å². The molecule has 0 radical (unpaired) electrons. The number of urea groups is 1. The third-order valence-corrected chi connectivity index (χ3v) is 10.4. The van der Waals surface area contributed by atoms with Crippen molar-refractivity contribution >= 4 is 58.1 Å². The summed E-state index contributed by atoms with van der Waals surface area (Å²) in [6.45, 7) is 4.03. The topological polar surface area (TPSA) is 140 Å². The van der Waals surface area contributed by atoms with Gasteiger partial charge in [0.05, 0.1) is 37.9 Å². The number of hydrogen-bond donors (Lipinski definition) is 2. The monoisotopic (exact) mass is 723 g/mol. The summed E-state index contributed by atoms with van der Waals surface area (Å²) >= 11 is 7.89. The van der Waals surface area contributed by atoms with E-state index in [4.69, 9.17) is 31.2 Å². The number of carboxylic acid groups (broad SMARTS) is 1. The maximum absolute atomic E-state index is 14.0. The summed E-state index contributed by atoms with van der Waals surface area (Å²) in [6, 6.07) is 10.7. The highest BCUT2D eigenvalue weighted by Gasteiger charge is 2.42. The van der Waals surface area contributed by atoms with E-state index in [0.717, 1.165) is 11.4 Å². The number of piperazine rings is 1. The average molecular weight is 724 g/mol. The van der Waals surface area contributed by atoms with Gasteiger partial charge in [0.25, 0.3) is 0 Å². The van der Waals surface area contributed by atoms with Crippen LogP contribution in [0.4, 0.5) is 20.6 Å². The molecule has 2 aromatic carbocycles. The second-order valence-electron chi connectivity index (χ2n) is 12.4. The number of carbonyl (C=O) groups excluding carboxylic acids is 2. The molecular formula is C34H35ClFN7O6S. The fraction of sp³-hybridized carbons (Fsp3) is 0.382. The van der Waals surface area contributed by atoms with Gasteiger partial charge in [-0.3, -0.25) is 19.6 Å². The SMILES string of the molecule is COC(=O)C1=C(CN2CCN3C(=O)N(c4ccc(N5CCOC(CC(=O)O)C5)cc4)C[C@@H]3C2)NC(c2nccs2)=N[C@H]1c1ccc(F)cc1Cl. The first-order valence-corrected chi connectivity index (χ1v) is 17.4. The Morgan fingerprint density at radius 3 is 2.64 bits per heavy atom. The first kappa shape index (κ1) is 33.9. The van der Waals surface area contributed by atoms with Gasteiger partial charge in [-0.2, -0.15) is 0 Å². The van der Waals surface area contributed by atoms with Gasteiger partial charge in [-0.15, -0.1) is 11.3 Å². The summed E-state index contributed by atoms with van der Waals surface area (Å²) in [7, 11) is 1.30. The van der Waals surface area contributed by atoms with Crippen LogP contribution in [0, 0.1) is 5.82 Å². The van der Waals surface area contributed by atoms with Gasteiger partial charge in [-0.05, 0) is 36.4 Å². The molecule has 3 fully saturated rings. The highest BCUT2D eigenvalue weighted by Crippen LogP contribution is 2.37. The highest BCUT2D eigenvalue weighted by atomic mass is 35.5. The van der Waals surface area contributed by atoms with Crippen LogP contribution in [0.2, 0.25) is 5.02 Å². The van der Waals surface area contributed by atoms with Crippen LogP contribution < -0.4 is 15.1 Å². The van der Waals surface area contributed by atoms with Crippen LogP contribution >= 0.6 is 22.9 Å².